The molecule has 0 spiro atoms. The molecule has 0 aliphatic carbocycles. The van der Waals surface area contributed by atoms with Crippen LogP contribution in [-0.2, 0) is 0 Å². The molecular formula is C16H13Cl3N2O2. The highest BCUT2D eigenvalue weighted by Crippen LogP contribution is 2.20. The first-order chi connectivity index (χ1) is 11.0. The van der Waals surface area contributed by atoms with Gasteiger partial charge in [-0.2, -0.15) is 0 Å². The van der Waals surface area contributed by atoms with Crippen LogP contribution in [-0.4, -0.2) is 24.9 Å². The highest BCUT2D eigenvalue weighted by molar-refractivity contribution is 6.35. The molecule has 0 saturated heterocycles. The van der Waals surface area contributed by atoms with E-state index in [-0.39, 0.29) is 30.5 Å². The molecule has 7 heteroatoms. The number of rotatable bonds is 5. The van der Waals surface area contributed by atoms with Crippen molar-refractivity contribution in [3.8, 4) is 0 Å². The minimum atomic E-state index is -0.357. The standard InChI is InChI=1S/C16H13Cl3N2O2/c17-10-5-6-14(19)12(9-10)16(23)21-8-7-20-15(22)11-3-1-2-4-13(11)18/h1-6,9H,7-8H2,(H,20,22)(H,21,23). The summed E-state index contributed by atoms with van der Waals surface area (Å²) in [5, 5.41) is 6.44. The van der Waals surface area contributed by atoms with Crippen molar-refractivity contribution in [3.63, 3.8) is 0 Å². The van der Waals surface area contributed by atoms with Crippen LogP contribution in [0.3, 0.4) is 0 Å². The molecule has 0 unspecified atom stereocenters. The molecule has 2 N–H and O–H groups in total. The van der Waals surface area contributed by atoms with Crippen LogP contribution in [0.15, 0.2) is 42.5 Å². The molecule has 0 bridgehead atoms. The van der Waals surface area contributed by atoms with Gasteiger partial charge in [0.05, 0.1) is 21.2 Å². The van der Waals surface area contributed by atoms with Gasteiger partial charge in [-0.1, -0.05) is 46.9 Å². The van der Waals surface area contributed by atoms with Crippen LogP contribution in [0.4, 0.5) is 0 Å². The van der Waals surface area contributed by atoms with Crippen molar-refractivity contribution in [2.45, 2.75) is 0 Å². The summed E-state index contributed by atoms with van der Waals surface area (Å²) in [6, 6.07) is 11.4. The van der Waals surface area contributed by atoms with E-state index in [0.717, 1.165) is 0 Å². The molecule has 0 aromatic heterocycles. The quantitative estimate of drug-likeness (QED) is 0.785. The third-order valence-electron chi connectivity index (χ3n) is 2.99. The minimum absolute atomic E-state index is 0.248. The lowest BCUT2D eigenvalue weighted by Gasteiger charge is -2.09. The molecule has 0 radical (unpaired) electrons. The summed E-state index contributed by atoms with van der Waals surface area (Å²) in [5.41, 5.74) is 0.676. The maximum Gasteiger partial charge on any atom is 0.252 e. The van der Waals surface area contributed by atoms with E-state index < -0.39 is 0 Å². The van der Waals surface area contributed by atoms with Crippen molar-refractivity contribution in [3.05, 3.63) is 68.7 Å². The predicted octanol–water partition coefficient (Wildman–Crippen LogP) is 3.81. The summed E-state index contributed by atoms with van der Waals surface area (Å²) in [4.78, 5) is 23.9. The Balaban J connectivity index is 1.83. The summed E-state index contributed by atoms with van der Waals surface area (Å²) >= 11 is 17.7. The normalized spacial score (nSPS) is 10.2. The number of amides is 2. The van der Waals surface area contributed by atoms with E-state index >= 15 is 0 Å². The van der Waals surface area contributed by atoms with Crippen molar-refractivity contribution in [2.75, 3.05) is 13.1 Å². The smallest absolute Gasteiger partial charge is 0.252 e. The molecular weight excluding hydrogens is 359 g/mol. The maximum absolute atomic E-state index is 12.0. The van der Waals surface area contributed by atoms with Gasteiger partial charge in [0.25, 0.3) is 11.8 Å². The van der Waals surface area contributed by atoms with Crippen LogP contribution < -0.4 is 10.6 Å². The molecule has 2 aromatic rings. The average molecular weight is 372 g/mol. The number of halogens is 3. The van der Waals surface area contributed by atoms with E-state index in [4.69, 9.17) is 34.8 Å². The van der Waals surface area contributed by atoms with Crippen molar-refractivity contribution in [2.24, 2.45) is 0 Å². The molecule has 0 saturated carbocycles. The third-order valence-corrected chi connectivity index (χ3v) is 3.88. The molecule has 2 rings (SSSR count). The second-order valence-corrected chi connectivity index (χ2v) is 5.87. The molecule has 0 atom stereocenters. The average Bonchev–Trinajstić information content (AvgIpc) is 2.53. The van der Waals surface area contributed by atoms with E-state index in [1.807, 2.05) is 0 Å². The molecule has 0 aliphatic heterocycles. The Hall–Kier alpha value is -1.75. The van der Waals surface area contributed by atoms with Gasteiger partial charge in [-0.25, -0.2) is 0 Å². The molecule has 0 fully saturated rings. The van der Waals surface area contributed by atoms with Gasteiger partial charge in [0.15, 0.2) is 0 Å². The van der Waals surface area contributed by atoms with Crippen LogP contribution in [0.25, 0.3) is 0 Å². The Bertz CT molecular complexity index is 735. The molecule has 120 valence electrons. The first kappa shape index (κ1) is 17.6. The fraction of sp³-hybridized carbons (Fsp3) is 0.125. The molecule has 2 aromatic carbocycles. The van der Waals surface area contributed by atoms with Crippen molar-refractivity contribution >= 4 is 46.6 Å². The van der Waals surface area contributed by atoms with Gasteiger partial charge in [0.2, 0.25) is 0 Å². The molecule has 4 nitrogen and oxygen atoms in total. The van der Waals surface area contributed by atoms with E-state index in [1.54, 1.807) is 36.4 Å². The Labute approximate surface area is 148 Å². The number of carbonyl (C=O) groups is 2. The van der Waals surface area contributed by atoms with E-state index in [9.17, 15) is 9.59 Å². The van der Waals surface area contributed by atoms with Crippen LogP contribution in [0.5, 0.6) is 0 Å². The number of hydrogen-bond acceptors (Lipinski definition) is 2. The second kappa shape index (κ2) is 8.20. The fourth-order valence-corrected chi connectivity index (χ4v) is 2.46. The van der Waals surface area contributed by atoms with Crippen molar-refractivity contribution < 1.29 is 9.59 Å². The fourth-order valence-electron chi connectivity index (χ4n) is 1.86. The second-order valence-electron chi connectivity index (χ2n) is 4.62. The maximum atomic E-state index is 12.0. The Morgan fingerprint density at radius 3 is 2.00 bits per heavy atom. The van der Waals surface area contributed by atoms with Gasteiger partial charge in [0.1, 0.15) is 0 Å². The first-order valence-corrected chi connectivity index (χ1v) is 7.88. The summed E-state index contributed by atoms with van der Waals surface area (Å²) in [6.07, 6.45) is 0. The molecule has 0 aliphatic rings. The summed E-state index contributed by atoms with van der Waals surface area (Å²) < 4.78 is 0. The first-order valence-electron chi connectivity index (χ1n) is 6.75. The van der Waals surface area contributed by atoms with Gasteiger partial charge >= 0.3 is 0 Å². The zero-order valence-corrected chi connectivity index (χ0v) is 14.2. The van der Waals surface area contributed by atoms with Crippen LogP contribution in [0, 0.1) is 0 Å². The molecule has 23 heavy (non-hydrogen) atoms. The van der Waals surface area contributed by atoms with Crippen LogP contribution in [0.2, 0.25) is 15.1 Å². The van der Waals surface area contributed by atoms with Crippen LogP contribution >= 0.6 is 34.8 Å². The van der Waals surface area contributed by atoms with Crippen molar-refractivity contribution in [1.82, 2.24) is 10.6 Å². The zero-order chi connectivity index (χ0) is 16.8. The lowest BCUT2D eigenvalue weighted by molar-refractivity contribution is 0.0928. The van der Waals surface area contributed by atoms with Gasteiger partial charge in [0, 0.05) is 18.1 Å². The van der Waals surface area contributed by atoms with Gasteiger partial charge in [-0.3, -0.25) is 9.59 Å². The predicted molar refractivity (Wildman–Crippen MR) is 92.6 cm³/mol. The van der Waals surface area contributed by atoms with Gasteiger partial charge in [-0.05, 0) is 30.3 Å². The lowest BCUT2D eigenvalue weighted by atomic mass is 10.2. The zero-order valence-electron chi connectivity index (χ0n) is 11.9. The Kier molecular flexibility index (Phi) is 6.28. The largest absolute Gasteiger partial charge is 0.350 e. The summed E-state index contributed by atoms with van der Waals surface area (Å²) in [7, 11) is 0. The van der Waals surface area contributed by atoms with Crippen molar-refractivity contribution in [1.29, 1.82) is 0 Å². The topological polar surface area (TPSA) is 58.2 Å². The number of nitrogens with one attached hydrogen (secondary N) is 2. The third kappa shape index (κ3) is 4.86. The highest BCUT2D eigenvalue weighted by Gasteiger charge is 2.11. The molecule has 2 amide bonds. The lowest BCUT2D eigenvalue weighted by Crippen LogP contribution is -2.34. The van der Waals surface area contributed by atoms with Crippen LogP contribution in [0.1, 0.15) is 20.7 Å². The number of benzene rings is 2. The Morgan fingerprint density at radius 1 is 0.783 bits per heavy atom. The molecule has 0 heterocycles. The highest BCUT2D eigenvalue weighted by atomic mass is 35.5. The number of carbonyl (C=O) groups excluding carboxylic acids is 2. The SMILES string of the molecule is O=C(NCCNC(=O)c1cc(Cl)ccc1Cl)c1ccccc1Cl. The monoisotopic (exact) mass is 370 g/mol. The van der Waals surface area contributed by atoms with E-state index in [0.29, 0.717) is 20.6 Å². The Morgan fingerprint density at radius 2 is 1.35 bits per heavy atom. The van der Waals surface area contributed by atoms with Gasteiger partial charge in [-0.15, -0.1) is 0 Å². The van der Waals surface area contributed by atoms with E-state index in [2.05, 4.69) is 10.6 Å². The van der Waals surface area contributed by atoms with Gasteiger partial charge < -0.3 is 10.6 Å². The minimum Gasteiger partial charge on any atom is -0.350 e. The van der Waals surface area contributed by atoms with E-state index in [1.165, 1.54) is 6.07 Å². The number of hydrogen-bond donors (Lipinski definition) is 2. The summed E-state index contributed by atoms with van der Waals surface area (Å²) in [5.74, 6) is -0.657. The summed E-state index contributed by atoms with van der Waals surface area (Å²) in [6.45, 7) is 0.506.